The van der Waals surface area contributed by atoms with Gasteiger partial charge in [-0.15, -0.1) is 0 Å². The number of halogens is 2. The lowest BCUT2D eigenvalue weighted by Crippen LogP contribution is -2.23. The summed E-state index contributed by atoms with van der Waals surface area (Å²) in [4.78, 5) is 31.5. The van der Waals surface area contributed by atoms with E-state index >= 15 is 0 Å². The molecule has 1 fully saturated rings. The number of amides is 1. The maximum atomic E-state index is 13.0. The van der Waals surface area contributed by atoms with E-state index in [0.717, 1.165) is 14.7 Å². The van der Waals surface area contributed by atoms with Crippen LogP contribution in [0.2, 0.25) is 5.02 Å². The van der Waals surface area contributed by atoms with Crippen LogP contribution in [0.15, 0.2) is 70.6 Å². The van der Waals surface area contributed by atoms with Crippen LogP contribution in [0, 0.1) is 3.57 Å². The zero-order chi connectivity index (χ0) is 27.9. The summed E-state index contributed by atoms with van der Waals surface area (Å²) in [5.41, 5.74) is 2.88. The van der Waals surface area contributed by atoms with Gasteiger partial charge in [-0.1, -0.05) is 23.7 Å². The van der Waals surface area contributed by atoms with Gasteiger partial charge in [0.2, 0.25) is 0 Å². The Morgan fingerprint density at radius 2 is 1.77 bits per heavy atom. The molecule has 0 saturated carbocycles. The third-order valence-electron chi connectivity index (χ3n) is 5.53. The minimum absolute atomic E-state index is 0.155. The Morgan fingerprint density at radius 1 is 1.05 bits per heavy atom. The molecule has 0 aliphatic carbocycles. The Hall–Kier alpha value is -3.02. The second-order valence-electron chi connectivity index (χ2n) is 8.31. The zero-order valence-electron chi connectivity index (χ0n) is 21.6. The SMILES string of the molecule is CCOC(=O)c1ccc(N=C2SC(=Cc3cc(I)c(OCc4ccc(Cl)cc4)c(OCC)c3)C(=O)N2C)cc1. The van der Waals surface area contributed by atoms with Gasteiger partial charge in [0.05, 0.1) is 32.9 Å². The van der Waals surface area contributed by atoms with E-state index in [1.54, 1.807) is 38.2 Å². The molecule has 4 rings (SSSR count). The molecule has 0 aromatic heterocycles. The molecular weight excluding hydrogens is 651 g/mol. The third kappa shape index (κ3) is 7.34. The molecule has 0 atom stereocenters. The number of ether oxygens (including phenoxy) is 3. The Kier molecular flexibility index (Phi) is 9.93. The summed E-state index contributed by atoms with van der Waals surface area (Å²) >= 11 is 9.48. The van der Waals surface area contributed by atoms with Gasteiger partial charge in [0.1, 0.15) is 6.61 Å². The van der Waals surface area contributed by atoms with Crippen LogP contribution >= 0.6 is 46.0 Å². The first-order chi connectivity index (χ1) is 18.8. The van der Waals surface area contributed by atoms with E-state index < -0.39 is 0 Å². The Morgan fingerprint density at radius 3 is 2.44 bits per heavy atom. The fraction of sp³-hybridized carbons (Fsp3) is 0.207. The Balaban J connectivity index is 1.54. The van der Waals surface area contributed by atoms with Crippen molar-refractivity contribution in [3.8, 4) is 11.5 Å². The fourth-order valence-corrected chi connectivity index (χ4v) is 5.50. The lowest BCUT2D eigenvalue weighted by Gasteiger charge is -2.15. The van der Waals surface area contributed by atoms with Gasteiger partial charge in [-0.25, -0.2) is 9.79 Å². The van der Waals surface area contributed by atoms with Crippen LogP contribution in [0.3, 0.4) is 0 Å². The van der Waals surface area contributed by atoms with E-state index in [4.69, 9.17) is 25.8 Å². The monoisotopic (exact) mass is 676 g/mol. The summed E-state index contributed by atoms with van der Waals surface area (Å²) in [5.74, 6) is 0.708. The van der Waals surface area contributed by atoms with Crippen molar-refractivity contribution < 1.29 is 23.8 Å². The number of benzene rings is 3. The van der Waals surface area contributed by atoms with Crippen LogP contribution in [0.1, 0.15) is 35.3 Å². The molecule has 10 heteroatoms. The van der Waals surface area contributed by atoms with Crippen LogP contribution in [-0.2, 0) is 16.1 Å². The van der Waals surface area contributed by atoms with Crippen molar-refractivity contribution >= 4 is 74.8 Å². The molecule has 1 heterocycles. The molecule has 0 bridgehead atoms. The van der Waals surface area contributed by atoms with Gasteiger partial charge in [0, 0.05) is 12.1 Å². The molecule has 0 radical (unpaired) electrons. The summed E-state index contributed by atoms with van der Waals surface area (Å²) in [5, 5.41) is 1.21. The molecule has 0 unspecified atom stereocenters. The van der Waals surface area contributed by atoms with E-state index in [1.807, 2.05) is 49.4 Å². The first-order valence-corrected chi connectivity index (χ1v) is 14.4. The number of hydrogen-bond donors (Lipinski definition) is 0. The number of thioether (sulfide) groups is 1. The van der Waals surface area contributed by atoms with Crippen LogP contribution < -0.4 is 9.47 Å². The van der Waals surface area contributed by atoms with Crippen molar-refractivity contribution in [3.63, 3.8) is 0 Å². The van der Waals surface area contributed by atoms with E-state index in [1.165, 1.54) is 16.7 Å². The summed E-state index contributed by atoms with van der Waals surface area (Å²) in [6.07, 6.45) is 1.82. The lowest BCUT2D eigenvalue weighted by atomic mass is 10.1. The van der Waals surface area contributed by atoms with Gasteiger partial charge < -0.3 is 14.2 Å². The zero-order valence-corrected chi connectivity index (χ0v) is 25.3. The second-order valence-corrected chi connectivity index (χ2v) is 10.9. The van der Waals surface area contributed by atoms with E-state index in [-0.39, 0.29) is 11.9 Å². The van der Waals surface area contributed by atoms with Crippen molar-refractivity contribution in [3.05, 3.63) is 90.9 Å². The van der Waals surface area contributed by atoms with Crippen LogP contribution in [-0.4, -0.2) is 42.2 Å². The number of hydrogen-bond acceptors (Lipinski definition) is 7. The van der Waals surface area contributed by atoms with Gasteiger partial charge in [-0.05, 0) is 114 Å². The van der Waals surface area contributed by atoms with Crippen molar-refractivity contribution in [2.45, 2.75) is 20.5 Å². The molecule has 7 nitrogen and oxygen atoms in total. The molecule has 0 spiro atoms. The third-order valence-corrected chi connectivity index (χ3v) is 7.65. The first kappa shape index (κ1) is 29.0. The number of esters is 1. The largest absolute Gasteiger partial charge is 0.490 e. The molecule has 1 aliphatic rings. The number of carbonyl (C=O) groups is 2. The number of aliphatic imine (C=N–C) groups is 1. The number of nitrogens with zero attached hydrogens (tertiary/aromatic N) is 2. The standard InChI is InChI=1S/C29H26ClIN2O5S/c1-4-36-24-15-19(14-23(31)26(24)38-17-18-6-10-21(30)11-7-18)16-25-27(34)33(3)29(39-25)32-22-12-8-20(9-13-22)28(35)37-5-2/h6-16H,4-5,17H2,1-3H3. The minimum Gasteiger partial charge on any atom is -0.490 e. The first-order valence-electron chi connectivity index (χ1n) is 12.2. The quantitative estimate of drug-likeness (QED) is 0.134. The average Bonchev–Trinajstić information content (AvgIpc) is 3.17. The van der Waals surface area contributed by atoms with Crippen LogP contribution in [0.4, 0.5) is 5.69 Å². The number of amidine groups is 1. The minimum atomic E-state index is -0.382. The maximum absolute atomic E-state index is 13.0. The topological polar surface area (TPSA) is 77.4 Å². The van der Waals surface area contributed by atoms with E-state index in [0.29, 0.717) is 57.7 Å². The lowest BCUT2D eigenvalue weighted by molar-refractivity contribution is -0.121. The highest BCUT2D eigenvalue weighted by molar-refractivity contribution is 14.1. The summed E-state index contributed by atoms with van der Waals surface area (Å²) in [6.45, 7) is 4.82. The molecule has 1 amide bonds. The molecule has 202 valence electrons. The van der Waals surface area contributed by atoms with Crippen molar-refractivity contribution in [2.75, 3.05) is 20.3 Å². The molecule has 39 heavy (non-hydrogen) atoms. The van der Waals surface area contributed by atoms with Gasteiger partial charge in [0.25, 0.3) is 5.91 Å². The summed E-state index contributed by atoms with van der Waals surface area (Å²) < 4.78 is 17.9. The number of likely N-dealkylation sites (N-methyl/N-ethyl adjacent to an activating group) is 1. The van der Waals surface area contributed by atoms with Gasteiger partial charge in [0.15, 0.2) is 16.7 Å². The second kappa shape index (κ2) is 13.4. The highest BCUT2D eigenvalue weighted by Gasteiger charge is 2.30. The van der Waals surface area contributed by atoms with Crippen molar-refractivity contribution in [1.82, 2.24) is 4.90 Å². The van der Waals surface area contributed by atoms with Crippen LogP contribution in [0.5, 0.6) is 11.5 Å². The number of carbonyl (C=O) groups excluding carboxylic acids is 2. The van der Waals surface area contributed by atoms with Gasteiger partial charge in [-0.3, -0.25) is 9.69 Å². The normalized spacial score (nSPS) is 15.2. The van der Waals surface area contributed by atoms with Crippen LogP contribution in [0.25, 0.3) is 6.08 Å². The summed E-state index contributed by atoms with van der Waals surface area (Å²) in [7, 11) is 1.69. The van der Waals surface area contributed by atoms with E-state index in [9.17, 15) is 9.59 Å². The highest BCUT2D eigenvalue weighted by atomic mass is 127. The average molecular weight is 677 g/mol. The molecule has 1 saturated heterocycles. The molecule has 3 aromatic carbocycles. The smallest absolute Gasteiger partial charge is 0.338 e. The Labute approximate surface area is 250 Å². The molecule has 1 aliphatic heterocycles. The highest BCUT2D eigenvalue weighted by Crippen LogP contribution is 2.38. The summed E-state index contributed by atoms with van der Waals surface area (Å²) in [6, 6.07) is 18.1. The van der Waals surface area contributed by atoms with Crippen molar-refractivity contribution in [2.24, 2.45) is 4.99 Å². The predicted octanol–water partition coefficient (Wildman–Crippen LogP) is 7.33. The molecule has 0 N–H and O–H groups in total. The fourth-order valence-electron chi connectivity index (χ4n) is 3.61. The molecular formula is C29H26ClIN2O5S. The predicted molar refractivity (Wildman–Crippen MR) is 164 cm³/mol. The number of rotatable bonds is 9. The van der Waals surface area contributed by atoms with E-state index in [2.05, 4.69) is 27.6 Å². The van der Waals surface area contributed by atoms with Crippen molar-refractivity contribution in [1.29, 1.82) is 0 Å². The van der Waals surface area contributed by atoms with Gasteiger partial charge >= 0.3 is 5.97 Å². The maximum Gasteiger partial charge on any atom is 0.338 e. The Bertz CT molecular complexity index is 1420. The van der Waals surface area contributed by atoms with Gasteiger partial charge in [-0.2, -0.15) is 0 Å². The molecule has 3 aromatic rings.